The summed E-state index contributed by atoms with van der Waals surface area (Å²) in [7, 11) is -3.57. The fourth-order valence-electron chi connectivity index (χ4n) is 1.59. The highest BCUT2D eigenvalue weighted by molar-refractivity contribution is 7.89. The Morgan fingerprint density at radius 2 is 2.15 bits per heavy atom. The highest BCUT2D eigenvalue weighted by atomic mass is 32.2. The van der Waals surface area contributed by atoms with Crippen molar-refractivity contribution in [1.82, 2.24) is 9.29 Å². The summed E-state index contributed by atoms with van der Waals surface area (Å²) in [4.78, 5) is 4.21. The zero-order chi connectivity index (χ0) is 15.2. The number of aromatic nitrogens is 1. The van der Waals surface area contributed by atoms with Gasteiger partial charge in [-0.15, -0.1) is 0 Å². The van der Waals surface area contributed by atoms with Crippen molar-refractivity contribution in [2.45, 2.75) is 18.7 Å². The maximum Gasteiger partial charge on any atom is 0.244 e. The van der Waals surface area contributed by atoms with Gasteiger partial charge < -0.3 is 10.5 Å². The van der Waals surface area contributed by atoms with E-state index in [1.807, 2.05) is 6.92 Å². The molecule has 2 N–H and O–H groups in total. The SMILES string of the molecule is CCOCCN(CC)S(=O)(=O)c1ccc(C(N)=S)nc1. The van der Waals surface area contributed by atoms with E-state index < -0.39 is 10.0 Å². The first kappa shape index (κ1) is 17.0. The quantitative estimate of drug-likeness (QED) is 0.563. The van der Waals surface area contributed by atoms with E-state index in [2.05, 4.69) is 4.98 Å². The van der Waals surface area contributed by atoms with Crippen LogP contribution in [0.25, 0.3) is 0 Å². The predicted molar refractivity (Wildman–Crippen MR) is 81.1 cm³/mol. The molecule has 8 heteroatoms. The van der Waals surface area contributed by atoms with Crippen molar-refractivity contribution in [1.29, 1.82) is 0 Å². The lowest BCUT2D eigenvalue weighted by Gasteiger charge is -2.20. The molecule has 1 aromatic heterocycles. The third-order valence-corrected chi connectivity index (χ3v) is 4.84. The normalized spacial score (nSPS) is 11.8. The number of nitrogens with two attached hydrogens (primary N) is 1. The second-order valence-corrected chi connectivity index (χ2v) is 6.31. The van der Waals surface area contributed by atoms with Crippen molar-refractivity contribution in [2.75, 3.05) is 26.3 Å². The van der Waals surface area contributed by atoms with Gasteiger partial charge in [0.2, 0.25) is 10.0 Å². The molecule has 6 nitrogen and oxygen atoms in total. The molecule has 0 saturated heterocycles. The summed E-state index contributed by atoms with van der Waals surface area (Å²) >= 11 is 4.78. The Hall–Kier alpha value is -1.09. The molecule has 0 unspecified atom stereocenters. The largest absolute Gasteiger partial charge is 0.388 e. The minimum absolute atomic E-state index is 0.121. The molecule has 112 valence electrons. The highest BCUT2D eigenvalue weighted by Gasteiger charge is 2.23. The first-order valence-corrected chi connectivity index (χ1v) is 8.12. The van der Waals surface area contributed by atoms with E-state index in [0.717, 1.165) is 0 Å². The van der Waals surface area contributed by atoms with Gasteiger partial charge in [-0.25, -0.2) is 8.42 Å². The summed E-state index contributed by atoms with van der Waals surface area (Å²) in [6.45, 7) is 5.24. The average Bonchev–Trinajstić information content (AvgIpc) is 2.43. The molecule has 0 atom stereocenters. The number of hydrogen-bond acceptors (Lipinski definition) is 5. The van der Waals surface area contributed by atoms with Crippen LogP contribution < -0.4 is 5.73 Å². The van der Waals surface area contributed by atoms with E-state index in [1.165, 1.54) is 22.6 Å². The molecule has 0 fully saturated rings. The zero-order valence-corrected chi connectivity index (χ0v) is 13.2. The highest BCUT2D eigenvalue weighted by Crippen LogP contribution is 2.14. The molecule has 0 bridgehead atoms. The molecule has 0 aliphatic carbocycles. The van der Waals surface area contributed by atoms with E-state index >= 15 is 0 Å². The number of ether oxygens (including phenoxy) is 1. The fraction of sp³-hybridized carbons (Fsp3) is 0.500. The van der Waals surface area contributed by atoms with E-state index in [0.29, 0.717) is 32.0 Å². The number of hydrogen-bond donors (Lipinski definition) is 1. The average molecular weight is 317 g/mol. The Labute approximate surface area is 125 Å². The monoisotopic (exact) mass is 317 g/mol. The van der Waals surface area contributed by atoms with Crippen LogP contribution in [0.1, 0.15) is 19.5 Å². The number of likely N-dealkylation sites (N-methyl/N-ethyl adjacent to an activating group) is 1. The number of pyridine rings is 1. The van der Waals surface area contributed by atoms with Crippen LogP contribution in [0.15, 0.2) is 23.2 Å². The maximum absolute atomic E-state index is 12.4. The number of thiocarbonyl (C=S) groups is 1. The molecule has 1 aromatic rings. The van der Waals surface area contributed by atoms with Crippen molar-refractivity contribution in [3.63, 3.8) is 0 Å². The van der Waals surface area contributed by atoms with Crippen LogP contribution >= 0.6 is 12.2 Å². The lowest BCUT2D eigenvalue weighted by Crippen LogP contribution is -2.34. The molecule has 1 heterocycles. The zero-order valence-electron chi connectivity index (χ0n) is 11.6. The van der Waals surface area contributed by atoms with Crippen molar-refractivity contribution >= 4 is 27.2 Å². The Kier molecular flexibility index (Phi) is 6.47. The lowest BCUT2D eigenvalue weighted by atomic mass is 10.3. The van der Waals surface area contributed by atoms with Gasteiger partial charge in [0, 0.05) is 25.9 Å². The van der Waals surface area contributed by atoms with Gasteiger partial charge in [0.05, 0.1) is 12.3 Å². The summed E-state index contributed by atoms with van der Waals surface area (Å²) < 4.78 is 31.3. The second kappa shape index (κ2) is 7.63. The van der Waals surface area contributed by atoms with Crippen LogP contribution in [0.5, 0.6) is 0 Å². The topological polar surface area (TPSA) is 85.5 Å². The smallest absolute Gasteiger partial charge is 0.244 e. The lowest BCUT2D eigenvalue weighted by molar-refractivity contribution is 0.135. The standard InChI is InChI=1S/C12H19N3O3S2/c1-3-15(7-8-18-4-2)20(16,17)10-5-6-11(12(13)19)14-9-10/h5-6,9H,3-4,7-8H2,1-2H3,(H2,13,19). The van der Waals surface area contributed by atoms with Gasteiger partial charge in [-0.3, -0.25) is 4.98 Å². The second-order valence-electron chi connectivity index (χ2n) is 3.94. The Balaban J connectivity index is 2.92. The molecule has 0 aliphatic rings. The van der Waals surface area contributed by atoms with Crippen LogP contribution in [0.2, 0.25) is 0 Å². The summed E-state index contributed by atoms with van der Waals surface area (Å²) in [5.74, 6) is 0. The van der Waals surface area contributed by atoms with E-state index in [1.54, 1.807) is 6.92 Å². The molecule has 0 amide bonds. The van der Waals surface area contributed by atoms with Gasteiger partial charge in [-0.2, -0.15) is 4.31 Å². The summed E-state index contributed by atoms with van der Waals surface area (Å²) in [5, 5.41) is 0. The van der Waals surface area contributed by atoms with Crippen molar-refractivity contribution in [3.8, 4) is 0 Å². The molecule has 1 rings (SSSR count). The van der Waals surface area contributed by atoms with Gasteiger partial charge in [0.1, 0.15) is 9.88 Å². The van der Waals surface area contributed by atoms with Crippen LogP contribution in [-0.4, -0.2) is 49.0 Å². The van der Waals surface area contributed by atoms with E-state index in [4.69, 9.17) is 22.7 Å². The molecule has 0 spiro atoms. The van der Waals surface area contributed by atoms with E-state index in [9.17, 15) is 8.42 Å². The number of rotatable bonds is 8. The maximum atomic E-state index is 12.4. The summed E-state index contributed by atoms with van der Waals surface area (Å²) in [5.41, 5.74) is 5.83. The van der Waals surface area contributed by atoms with E-state index in [-0.39, 0.29) is 9.88 Å². The van der Waals surface area contributed by atoms with Gasteiger partial charge in [0.15, 0.2) is 0 Å². The Morgan fingerprint density at radius 1 is 1.45 bits per heavy atom. The van der Waals surface area contributed by atoms with Crippen LogP contribution in [-0.2, 0) is 14.8 Å². The predicted octanol–water partition coefficient (Wildman–Crippen LogP) is 0.763. The van der Waals surface area contributed by atoms with Gasteiger partial charge in [-0.1, -0.05) is 19.1 Å². The fourth-order valence-corrected chi connectivity index (χ4v) is 3.09. The molecule has 0 aromatic carbocycles. The van der Waals surface area contributed by atoms with Gasteiger partial charge in [0.25, 0.3) is 0 Å². The first-order valence-electron chi connectivity index (χ1n) is 6.27. The van der Waals surface area contributed by atoms with Crippen molar-refractivity contribution in [3.05, 3.63) is 24.0 Å². The minimum Gasteiger partial charge on any atom is -0.388 e. The third kappa shape index (κ3) is 4.20. The van der Waals surface area contributed by atoms with Crippen molar-refractivity contribution in [2.24, 2.45) is 5.73 Å². The molecule has 0 aliphatic heterocycles. The molecule has 20 heavy (non-hydrogen) atoms. The minimum atomic E-state index is -3.57. The summed E-state index contributed by atoms with van der Waals surface area (Å²) in [6.07, 6.45) is 1.27. The first-order chi connectivity index (χ1) is 9.43. The Bertz CT molecular complexity index is 544. The molecule has 0 saturated carbocycles. The molecular weight excluding hydrogens is 298 g/mol. The third-order valence-electron chi connectivity index (χ3n) is 2.67. The number of nitrogens with zero attached hydrogens (tertiary/aromatic N) is 2. The summed E-state index contributed by atoms with van der Waals surface area (Å²) in [6, 6.07) is 2.96. The van der Waals surface area contributed by atoms with Crippen molar-refractivity contribution < 1.29 is 13.2 Å². The Morgan fingerprint density at radius 3 is 2.60 bits per heavy atom. The van der Waals surface area contributed by atoms with Gasteiger partial charge >= 0.3 is 0 Å². The van der Waals surface area contributed by atoms with Crippen LogP contribution in [0, 0.1) is 0 Å². The number of sulfonamides is 1. The molecule has 0 radical (unpaired) electrons. The van der Waals surface area contributed by atoms with Gasteiger partial charge in [-0.05, 0) is 19.1 Å². The molecular formula is C12H19N3O3S2. The van der Waals surface area contributed by atoms with Crippen LogP contribution in [0.4, 0.5) is 0 Å². The van der Waals surface area contributed by atoms with Crippen LogP contribution in [0.3, 0.4) is 0 Å².